The van der Waals surface area contributed by atoms with Gasteiger partial charge in [-0.3, -0.25) is 0 Å². The van der Waals surface area contributed by atoms with Crippen LogP contribution in [0.4, 0.5) is 19.2 Å². The summed E-state index contributed by atoms with van der Waals surface area (Å²) in [7, 11) is 2.56. The summed E-state index contributed by atoms with van der Waals surface area (Å²) in [5.74, 6) is 0. The average molecular weight is 294 g/mol. The second-order valence-electron chi connectivity index (χ2n) is 2.87. The zero-order valence-corrected chi connectivity index (χ0v) is 10.8. The molecule has 0 aromatic heterocycles. The van der Waals surface area contributed by atoms with E-state index in [-0.39, 0.29) is 0 Å². The molecule has 0 saturated carbocycles. The minimum atomic E-state index is -1.29. The van der Waals surface area contributed by atoms with Gasteiger partial charge in [0.2, 0.25) is 6.29 Å². The van der Waals surface area contributed by atoms with E-state index in [9.17, 15) is 19.2 Å². The Morgan fingerprint density at radius 3 is 1.75 bits per heavy atom. The van der Waals surface area contributed by atoms with Crippen LogP contribution >= 0.6 is 0 Å². The number of carbonyl (C=O) groups is 4. The predicted octanol–water partition coefficient (Wildman–Crippen LogP) is -0.673. The number of hydrogen-bond acceptors (Lipinski definition) is 8. The lowest BCUT2D eigenvalue weighted by molar-refractivity contribution is -0.179. The highest BCUT2D eigenvalue weighted by atomic mass is 17.2. The summed E-state index contributed by atoms with van der Waals surface area (Å²) in [6.07, 6.45) is -5.45. The monoisotopic (exact) mass is 294 g/mol. The smallest absolute Gasteiger partial charge is 0.409 e. The van der Waals surface area contributed by atoms with Crippen molar-refractivity contribution in [3.63, 3.8) is 0 Å². The molecule has 0 bridgehead atoms. The molecule has 0 rings (SSSR count). The van der Waals surface area contributed by atoms with Crippen LogP contribution in [0.25, 0.3) is 0 Å². The molecule has 0 saturated heterocycles. The van der Waals surface area contributed by atoms with Crippen LogP contribution in [-0.2, 0) is 19.2 Å². The molecule has 0 spiro atoms. The highest BCUT2D eigenvalue weighted by molar-refractivity contribution is 5.74. The Labute approximate surface area is 112 Å². The van der Waals surface area contributed by atoms with E-state index in [1.165, 1.54) is 21.0 Å². The lowest BCUT2D eigenvalue weighted by Crippen LogP contribution is -2.44. The first-order valence-electron chi connectivity index (χ1n) is 5.10. The quantitative estimate of drug-likeness (QED) is 0.297. The van der Waals surface area contributed by atoms with Gasteiger partial charge < -0.3 is 20.1 Å². The summed E-state index contributed by atoms with van der Waals surface area (Å²) >= 11 is 0. The van der Waals surface area contributed by atoms with E-state index in [1.807, 2.05) is 5.32 Å². The van der Waals surface area contributed by atoms with Gasteiger partial charge in [0.05, 0.1) is 0 Å². The zero-order valence-electron chi connectivity index (χ0n) is 10.8. The molecule has 1 unspecified atom stereocenters. The average Bonchev–Trinajstić information content (AvgIpc) is 2.41. The third-order valence-electron chi connectivity index (χ3n) is 1.41. The van der Waals surface area contributed by atoms with E-state index in [0.717, 1.165) is 0 Å². The molecule has 12 nitrogen and oxygen atoms in total. The van der Waals surface area contributed by atoms with Gasteiger partial charge in [-0.1, -0.05) is 0 Å². The van der Waals surface area contributed by atoms with Crippen LogP contribution < -0.4 is 21.5 Å². The van der Waals surface area contributed by atoms with Crippen molar-refractivity contribution in [1.82, 2.24) is 21.5 Å². The van der Waals surface area contributed by atoms with Crippen LogP contribution in [0.15, 0.2) is 0 Å². The van der Waals surface area contributed by atoms with Crippen LogP contribution in [0, 0.1) is 0 Å². The molecular formula is C8H14N4O8. The van der Waals surface area contributed by atoms with Gasteiger partial charge in [0.25, 0.3) is 0 Å². The van der Waals surface area contributed by atoms with Crippen molar-refractivity contribution in [3.8, 4) is 0 Å². The van der Waals surface area contributed by atoms with Gasteiger partial charge in [-0.05, 0) is 0 Å². The van der Waals surface area contributed by atoms with Gasteiger partial charge >= 0.3 is 24.4 Å². The SMILES string of the molecule is CNC(=O)OOC(=O)NNC(=O)OC(C)OC(=O)NC. The summed E-state index contributed by atoms with van der Waals surface area (Å²) in [6, 6.07) is 0. The van der Waals surface area contributed by atoms with Crippen LogP contribution in [0.3, 0.4) is 0 Å². The molecule has 0 heterocycles. The van der Waals surface area contributed by atoms with Crippen LogP contribution in [0.1, 0.15) is 6.92 Å². The standard InChI is InChI=1S/C8H14N4O8/c1-4(17-5(13)9-2)18-7(15)11-12-8(16)20-19-6(14)10-3/h4H,1-3H3,(H,9,13)(H,10,14)(H,11,15)(H,12,16). The molecule has 4 amide bonds. The van der Waals surface area contributed by atoms with Crippen molar-refractivity contribution in [2.24, 2.45) is 0 Å². The Morgan fingerprint density at radius 1 is 0.750 bits per heavy atom. The summed E-state index contributed by atoms with van der Waals surface area (Å²) in [5, 5.41) is 4.14. The summed E-state index contributed by atoms with van der Waals surface area (Å²) < 4.78 is 9.01. The van der Waals surface area contributed by atoms with E-state index >= 15 is 0 Å². The van der Waals surface area contributed by atoms with Crippen molar-refractivity contribution in [2.75, 3.05) is 14.1 Å². The van der Waals surface area contributed by atoms with Crippen molar-refractivity contribution in [2.45, 2.75) is 13.2 Å². The molecule has 114 valence electrons. The third kappa shape index (κ3) is 8.21. The number of amides is 4. The molecule has 12 heteroatoms. The Balaban J connectivity index is 3.84. The molecule has 0 aromatic carbocycles. The number of hydrogen-bond donors (Lipinski definition) is 4. The normalized spacial score (nSPS) is 10.3. The van der Waals surface area contributed by atoms with Crippen LogP contribution in [-0.4, -0.2) is 44.8 Å². The fourth-order valence-corrected chi connectivity index (χ4v) is 0.654. The third-order valence-corrected chi connectivity index (χ3v) is 1.41. The molecule has 0 aliphatic heterocycles. The van der Waals surface area contributed by atoms with Crippen molar-refractivity contribution < 1.29 is 38.4 Å². The van der Waals surface area contributed by atoms with Gasteiger partial charge in [0.1, 0.15) is 0 Å². The summed E-state index contributed by atoms with van der Waals surface area (Å²) in [4.78, 5) is 51.1. The van der Waals surface area contributed by atoms with Gasteiger partial charge in [-0.25, -0.2) is 39.8 Å². The van der Waals surface area contributed by atoms with E-state index in [1.54, 1.807) is 10.9 Å². The number of ether oxygens (including phenoxy) is 2. The van der Waals surface area contributed by atoms with Crippen molar-refractivity contribution >= 4 is 24.4 Å². The fourth-order valence-electron chi connectivity index (χ4n) is 0.654. The minimum absolute atomic E-state index is 0.809. The largest absolute Gasteiger partial charge is 0.468 e. The zero-order chi connectivity index (χ0) is 15.5. The molecule has 1 atom stereocenters. The summed E-state index contributed by atoms with van der Waals surface area (Å²) in [6.45, 7) is 1.27. The highest BCUT2D eigenvalue weighted by Gasteiger charge is 2.14. The first kappa shape index (κ1) is 17.1. The number of alkyl carbamates (subject to hydrolysis) is 1. The van der Waals surface area contributed by atoms with Crippen molar-refractivity contribution in [3.05, 3.63) is 0 Å². The fraction of sp³-hybridized carbons (Fsp3) is 0.500. The van der Waals surface area contributed by atoms with Crippen molar-refractivity contribution in [1.29, 1.82) is 0 Å². The van der Waals surface area contributed by atoms with Gasteiger partial charge in [0.15, 0.2) is 0 Å². The van der Waals surface area contributed by atoms with E-state index in [2.05, 4.69) is 24.6 Å². The first-order chi connectivity index (χ1) is 9.38. The molecular weight excluding hydrogens is 280 g/mol. The lowest BCUT2D eigenvalue weighted by atomic mass is 10.7. The highest BCUT2D eigenvalue weighted by Crippen LogP contribution is 1.94. The lowest BCUT2D eigenvalue weighted by Gasteiger charge is -2.14. The van der Waals surface area contributed by atoms with Crippen LogP contribution in [0.5, 0.6) is 0 Å². The predicted molar refractivity (Wildman–Crippen MR) is 59.8 cm³/mol. The number of hydrazine groups is 1. The molecule has 0 aromatic rings. The topological polar surface area (TPSA) is 153 Å². The maximum atomic E-state index is 11.1. The first-order valence-corrected chi connectivity index (χ1v) is 5.10. The molecule has 4 N–H and O–H groups in total. The molecule has 0 aliphatic rings. The van der Waals surface area contributed by atoms with Gasteiger partial charge in [0, 0.05) is 21.0 Å². The van der Waals surface area contributed by atoms with E-state index in [4.69, 9.17) is 0 Å². The molecule has 0 aliphatic carbocycles. The summed E-state index contributed by atoms with van der Waals surface area (Å²) in [5.41, 5.74) is 3.42. The van der Waals surface area contributed by atoms with E-state index < -0.39 is 30.7 Å². The molecule has 0 fully saturated rings. The second kappa shape index (κ2) is 9.07. The Bertz CT molecular complexity index is 373. The Morgan fingerprint density at radius 2 is 1.20 bits per heavy atom. The number of nitrogens with one attached hydrogen (secondary N) is 4. The van der Waals surface area contributed by atoms with Crippen LogP contribution in [0.2, 0.25) is 0 Å². The molecule has 20 heavy (non-hydrogen) atoms. The molecule has 0 radical (unpaired) electrons. The second-order valence-corrected chi connectivity index (χ2v) is 2.87. The number of rotatable bonds is 2. The Hall–Kier alpha value is -2.92. The Kier molecular flexibility index (Phi) is 7.74. The van der Waals surface area contributed by atoms with Gasteiger partial charge in [-0.15, -0.1) is 0 Å². The van der Waals surface area contributed by atoms with E-state index in [0.29, 0.717) is 0 Å². The maximum absolute atomic E-state index is 11.1. The number of carbonyl (C=O) groups excluding carboxylic acids is 4. The minimum Gasteiger partial charge on any atom is -0.409 e. The maximum Gasteiger partial charge on any atom is 0.468 e. The van der Waals surface area contributed by atoms with Gasteiger partial charge in [-0.2, -0.15) is 0 Å².